The summed E-state index contributed by atoms with van der Waals surface area (Å²) >= 11 is 0. The van der Waals surface area contributed by atoms with E-state index in [2.05, 4.69) is 167 Å². The van der Waals surface area contributed by atoms with Crippen LogP contribution in [0.5, 0.6) is 0 Å². The molecular weight excluding hydrogens is 877 g/mol. The minimum atomic E-state index is -0.856. The Bertz CT molecular complexity index is 1640. The van der Waals surface area contributed by atoms with Gasteiger partial charge in [-0.25, -0.2) is 0 Å². The molecule has 6 heteroatoms. The number of ether oxygens (including phenoxy) is 3. The first-order valence-electron chi connectivity index (χ1n) is 28.0. The topological polar surface area (TPSA) is 78.9 Å². The van der Waals surface area contributed by atoms with E-state index in [1.807, 2.05) is 12.2 Å². The van der Waals surface area contributed by atoms with Crippen LogP contribution in [0.1, 0.15) is 213 Å². The molecule has 0 saturated heterocycles. The van der Waals surface area contributed by atoms with Crippen LogP contribution >= 0.6 is 0 Å². The lowest BCUT2D eigenvalue weighted by atomic mass is 10.1. The molecular formula is C65H100O6. The van der Waals surface area contributed by atoms with Gasteiger partial charge in [-0.05, 0) is 135 Å². The van der Waals surface area contributed by atoms with Crippen molar-refractivity contribution in [3.8, 4) is 0 Å². The molecule has 1 atom stereocenters. The zero-order valence-corrected chi connectivity index (χ0v) is 45.2. The molecule has 0 aliphatic rings. The highest BCUT2D eigenvalue weighted by Crippen LogP contribution is 2.10. The number of carbonyl (C=O) groups is 3. The van der Waals surface area contributed by atoms with Gasteiger partial charge in [-0.1, -0.05) is 217 Å². The maximum atomic E-state index is 12.8. The van der Waals surface area contributed by atoms with Gasteiger partial charge in [-0.2, -0.15) is 0 Å². The van der Waals surface area contributed by atoms with Crippen molar-refractivity contribution in [3.05, 3.63) is 158 Å². The maximum absolute atomic E-state index is 12.8. The van der Waals surface area contributed by atoms with Crippen LogP contribution in [-0.2, 0) is 28.6 Å². The van der Waals surface area contributed by atoms with E-state index in [-0.39, 0.29) is 38.0 Å². The van der Waals surface area contributed by atoms with Crippen LogP contribution in [0.25, 0.3) is 0 Å². The van der Waals surface area contributed by atoms with Gasteiger partial charge >= 0.3 is 17.9 Å². The molecule has 0 fully saturated rings. The number of allylic oxidation sites excluding steroid dienone is 26. The number of unbranched alkanes of at least 4 members (excludes halogenated alkanes) is 11. The van der Waals surface area contributed by atoms with Crippen LogP contribution in [0, 0.1) is 0 Å². The molecule has 71 heavy (non-hydrogen) atoms. The Morgan fingerprint density at radius 1 is 0.296 bits per heavy atom. The Labute approximate surface area is 435 Å². The number of esters is 3. The van der Waals surface area contributed by atoms with Gasteiger partial charge < -0.3 is 14.2 Å². The minimum Gasteiger partial charge on any atom is -0.462 e. The summed E-state index contributed by atoms with van der Waals surface area (Å²) in [5.74, 6) is -1.12. The molecule has 0 aliphatic carbocycles. The van der Waals surface area contributed by atoms with Crippen molar-refractivity contribution in [2.24, 2.45) is 0 Å². The number of carbonyl (C=O) groups excluding carboxylic acids is 3. The lowest BCUT2D eigenvalue weighted by Crippen LogP contribution is -2.30. The number of hydrogen-bond donors (Lipinski definition) is 0. The SMILES string of the molecule is CC/C=C\C/C=C\C/C=C\C/C=C\CCCCCCC(=O)OC[C@H](COC(=O)CC/C=C\C/C=C\C/C=C\C/C=C\C/C=C\CCCCC)OC(=O)CCC/C=C\C/C=C\C/C=C\C/C=C\CCCCC. The minimum absolute atomic E-state index is 0.143. The molecule has 0 aromatic rings. The Balaban J connectivity index is 4.66. The van der Waals surface area contributed by atoms with Crippen molar-refractivity contribution in [2.75, 3.05) is 13.2 Å². The van der Waals surface area contributed by atoms with Crippen LogP contribution in [-0.4, -0.2) is 37.2 Å². The number of rotatable bonds is 48. The highest BCUT2D eigenvalue weighted by atomic mass is 16.6. The van der Waals surface area contributed by atoms with Gasteiger partial charge in [0.05, 0.1) is 0 Å². The molecule has 0 unspecified atom stereocenters. The van der Waals surface area contributed by atoms with E-state index >= 15 is 0 Å². The first-order chi connectivity index (χ1) is 35.0. The summed E-state index contributed by atoms with van der Waals surface area (Å²) in [4.78, 5) is 38.1. The fourth-order valence-electron chi connectivity index (χ4n) is 6.82. The van der Waals surface area contributed by atoms with Gasteiger partial charge in [0.25, 0.3) is 0 Å². The number of hydrogen-bond acceptors (Lipinski definition) is 6. The van der Waals surface area contributed by atoms with E-state index in [9.17, 15) is 14.4 Å². The molecule has 0 heterocycles. The van der Waals surface area contributed by atoms with Crippen molar-refractivity contribution in [1.29, 1.82) is 0 Å². The van der Waals surface area contributed by atoms with Crippen molar-refractivity contribution < 1.29 is 28.6 Å². The monoisotopic (exact) mass is 977 g/mol. The Kier molecular flexibility index (Phi) is 53.6. The van der Waals surface area contributed by atoms with Crippen molar-refractivity contribution in [3.63, 3.8) is 0 Å². The molecule has 396 valence electrons. The lowest BCUT2D eigenvalue weighted by Gasteiger charge is -2.18. The van der Waals surface area contributed by atoms with Gasteiger partial charge in [0, 0.05) is 19.3 Å². The highest BCUT2D eigenvalue weighted by Gasteiger charge is 2.19. The van der Waals surface area contributed by atoms with E-state index < -0.39 is 12.1 Å². The largest absolute Gasteiger partial charge is 0.462 e. The third-order valence-electron chi connectivity index (χ3n) is 11.0. The van der Waals surface area contributed by atoms with Crippen molar-refractivity contribution >= 4 is 17.9 Å². The second kappa shape index (κ2) is 57.6. The van der Waals surface area contributed by atoms with Crippen LogP contribution in [0.3, 0.4) is 0 Å². The van der Waals surface area contributed by atoms with Crippen LogP contribution < -0.4 is 0 Å². The standard InChI is InChI=1S/C65H100O6/c1-4-7-10-13-16-19-22-25-28-31-32-35-37-40-43-46-49-52-55-58-64(67)70-61-62(71-65(68)59-56-53-50-47-44-41-38-34-30-27-24-21-18-15-12-9-6-3)60-69-63(66)57-54-51-48-45-42-39-36-33-29-26-23-20-17-14-11-8-5-2/h8,11,16-21,25-30,32,35-36,38-41,43,47,49-50,52,62H,4-7,9-10,12-15,22-24,31,33-34,37,42,44-46,48,51,53-61H2,1-3H3/b11-8-,19-16-,20-17-,21-18-,28-25-,29-26-,30-27-,35-32-,39-36-,41-38-,43-40-,50-47-,52-49-/t62-/m1/s1. The molecule has 0 rings (SSSR count). The molecule has 0 amide bonds. The Morgan fingerprint density at radius 2 is 0.592 bits per heavy atom. The highest BCUT2D eigenvalue weighted by molar-refractivity contribution is 5.71. The van der Waals surface area contributed by atoms with Gasteiger partial charge in [0.1, 0.15) is 13.2 Å². The van der Waals surface area contributed by atoms with E-state index in [0.717, 1.165) is 109 Å². The third kappa shape index (κ3) is 55.8. The molecule has 0 spiro atoms. The Morgan fingerprint density at radius 3 is 0.972 bits per heavy atom. The first kappa shape index (κ1) is 66.0. The summed E-state index contributed by atoms with van der Waals surface area (Å²) in [6, 6.07) is 0. The fourth-order valence-corrected chi connectivity index (χ4v) is 6.82. The zero-order chi connectivity index (χ0) is 51.4. The summed E-state index contributed by atoms with van der Waals surface area (Å²) in [5, 5.41) is 0. The summed E-state index contributed by atoms with van der Waals surface area (Å²) in [5.41, 5.74) is 0. The summed E-state index contributed by atoms with van der Waals surface area (Å²) in [6.07, 6.45) is 83.8. The van der Waals surface area contributed by atoms with Crippen molar-refractivity contribution in [1.82, 2.24) is 0 Å². The van der Waals surface area contributed by atoms with Crippen LogP contribution in [0.15, 0.2) is 158 Å². The molecule has 6 nitrogen and oxygen atoms in total. The normalized spacial score (nSPS) is 13.3. The summed E-state index contributed by atoms with van der Waals surface area (Å²) < 4.78 is 16.7. The zero-order valence-electron chi connectivity index (χ0n) is 45.2. The average Bonchev–Trinajstić information content (AvgIpc) is 3.37. The summed E-state index contributed by atoms with van der Waals surface area (Å²) in [7, 11) is 0. The third-order valence-corrected chi connectivity index (χ3v) is 11.0. The molecule has 0 radical (unpaired) electrons. The maximum Gasteiger partial charge on any atom is 0.306 e. The predicted molar refractivity (Wildman–Crippen MR) is 306 cm³/mol. The van der Waals surface area contributed by atoms with Gasteiger partial charge in [0.15, 0.2) is 6.10 Å². The quantitative estimate of drug-likeness (QED) is 0.0262. The van der Waals surface area contributed by atoms with Crippen LogP contribution in [0.4, 0.5) is 0 Å². The average molecular weight is 978 g/mol. The fraction of sp³-hybridized carbons (Fsp3) is 0.554. The second-order valence-electron chi connectivity index (χ2n) is 17.7. The van der Waals surface area contributed by atoms with Gasteiger partial charge in [-0.3, -0.25) is 14.4 Å². The molecule has 0 aromatic heterocycles. The molecule has 0 aromatic carbocycles. The van der Waals surface area contributed by atoms with Crippen LogP contribution in [0.2, 0.25) is 0 Å². The smallest absolute Gasteiger partial charge is 0.306 e. The lowest BCUT2D eigenvalue weighted by molar-refractivity contribution is -0.166. The molecule has 0 saturated carbocycles. The van der Waals surface area contributed by atoms with E-state index in [4.69, 9.17) is 14.2 Å². The molecule has 0 N–H and O–H groups in total. The Hall–Kier alpha value is -4.97. The molecule has 0 aliphatic heterocycles. The van der Waals surface area contributed by atoms with E-state index in [0.29, 0.717) is 19.3 Å². The van der Waals surface area contributed by atoms with E-state index in [1.165, 1.54) is 51.4 Å². The van der Waals surface area contributed by atoms with Gasteiger partial charge in [0.2, 0.25) is 0 Å². The van der Waals surface area contributed by atoms with E-state index in [1.54, 1.807) is 0 Å². The second-order valence-corrected chi connectivity index (χ2v) is 17.7. The molecule has 0 bridgehead atoms. The first-order valence-corrected chi connectivity index (χ1v) is 28.0. The summed E-state index contributed by atoms with van der Waals surface area (Å²) in [6.45, 7) is 6.32. The van der Waals surface area contributed by atoms with Gasteiger partial charge in [-0.15, -0.1) is 0 Å². The predicted octanol–water partition coefficient (Wildman–Crippen LogP) is 19.0. The van der Waals surface area contributed by atoms with Crippen molar-refractivity contribution in [2.45, 2.75) is 219 Å².